The summed E-state index contributed by atoms with van der Waals surface area (Å²) in [6.07, 6.45) is 46.2. The predicted molar refractivity (Wildman–Crippen MR) is 210 cm³/mol. The standard InChI is InChI=1S/C44H72O6/c1-4-7-10-13-16-19-20-21-22-23-26-28-31-34-37-43(46)49-40-41(50-44(47)38-35-32-29-25-18-15-12-9-6-3)39-48-42(45)36-33-30-27-24-17-14-11-8-5-2/h7,9-10,12,16,18-19,21-22,24-25,27,41H,4-6,8,11,13-15,17,20,23,26,28-40H2,1-3H3/b10-7-,12-9-,19-16-,22-21-,25-18-,27-24-. The highest BCUT2D eigenvalue weighted by Crippen LogP contribution is 2.10. The zero-order valence-electron chi connectivity index (χ0n) is 32.1. The fourth-order valence-electron chi connectivity index (χ4n) is 4.96. The molecule has 0 rings (SSSR count). The number of hydrogen-bond acceptors (Lipinski definition) is 6. The summed E-state index contributed by atoms with van der Waals surface area (Å²) in [6.45, 7) is 6.24. The van der Waals surface area contributed by atoms with Gasteiger partial charge in [-0.2, -0.15) is 0 Å². The number of hydrogen-bond donors (Lipinski definition) is 0. The number of carbonyl (C=O) groups is 3. The van der Waals surface area contributed by atoms with Gasteiger partial charge in [-0.25, -0.2) is 0 Å². The van der Waals surface area contributed by atoms with E-state index in [1.165, 1.54) is 25.7 Å². The fraction of sp³-hybridized carbons (Fsp3) is 0.659. The van der Waals surface area contributed by atoms with E-state index in [1.807, 2.05) is 0 Å². The molecular formula is C44H72O6. The highest BCUT2D eigenvalue weighted by Gasteiger charge is 2.19. The smallest absolute Gasteiger partial charge is 0.306 e. The van der Waals surface area contributed by atoms with E-state index in [4.69, 9.17) is 14.2 Å². The van der Waals surface area contributed by atoms with Gasteiger partial charge >= 0.3 is 17.9 Å². The summed E-state index contributed by atoms with van der Waals surface area (Å²) in [5.41, 5.74) is 0. The molecule has 284 valence electrons. The number of esters is 3. The number of allylic oxidation sites excluding steroid dienone is 12. The lowest BCUT2D eigenvalue weighted by Crippen LogP contribution is -2.30. The molecule has 0 N–H and O–H groups in total. The third kappa shape index (κ3) is 36.1. The van der Waals surface area contributed by atoms with Crippen molar-refractivity contribution in [2.24, 2.45) is 0 Å². The monoisotopic (exact) mass is 697 g/mol. The van der Waals surface area contributed by atoms with Crippen molar-refractivity contribution < 1.29 is 28.6 Å². The zero-order valence-corrected chi connectivity index (χ0v) is 32.1. The molecular weight excluding hydrogens is 624 g/mol. The topological polar surface area (TPSA) is 78.9 Å². The molecule has 0 aliphatic heterocycles. The van der Waals surface area contributed by atoms with E-state index in [-0.39, 0.29) is 37.5 Å². The fourth-order valence-corrected chi connectivity index (χ4v) is 4.96. The van der Waals surface area contributed by atoms with Gasteiger partial charge in [0.25, 0.3) is 0 Å². The molecule has 0 saturated heterocycles. The van der Waals surface area contributed by atoms with Crippen LogP contribution in [0.15, 0.2) is 72.9 Å². The van der Waals surface area contributed by atoms with Gasteiger partial charge in [-0.1, -0.05) is 126 Å². The van der Waals surface area contributed by atoms with E-state index < -0.39 is 6.10 Å². The first-order valence-corrected chi connectivity index (χ1v) is 19.9. The lowest BCUT2D eigenvalue weighted by Gasteiger charge is -2.18. The summed E-state index contributed by atoms with van der Waals surface area (Å²) in [5.74, 6) is -1.02. The molecule has 6 nitrogen and oxygen atoms in total. The average molecular weight is 697 g/mol. The predicted octanol–water partition coefficient (Wildman–Crippen LogP) is 12.4. The second-order valence-corrected chi connectivity index (χ2v) is 12.8. The summed E-state index contributed by atoms with van der Waals surface area (Å²) in [5, 5.41) is 0. The third-order valence-corrected chi connectivity index (χ3v) is 7.93. The molecule has 0 bridgehead atoms. The summed E-state index contributed by atoms with van der Waals surface area (Å²) < 4.78 is 16.5. The highest BCUT2D eigenvalue weighted by atomic mass is 16.6. The second kappa shape index (κ2) is 38.6. The maximum atomic E-state index is 12.6. The Balaban J connectivity index is 4.47. The molecule has 0 aromatic rings. The van der Waals surface area contributed by atoms with Crippen LogP contribution < -0.4 is 0 Å². The van der Waals surface area contributed by atoms with Gasteiger partial charge in [0.1, 0.15) is 13.2 Å². The van der Waals surface area contributed by atoms with Crippen LogP contribution in [0.1, 0.15) is 168 Å². The van der Waals surface area contributed by atoms with Gasteiger partial charge in [0, 0.05) is 19.3 Å². The number of rotatable bonds is 34. The van der Waals surface area contributed by atoms with Crippen molar-refractivity contribution in [1.29, 1.82) is 0 Å². The molecule has 0 aromatic carbocycles. The molecule has 0 heterocycles. The maximum Gasteiger partial charge on any atom is 0.306 e. The van der Waals surface area contributed by atoms with E-state index in [9.17, 15) is 14.4 Å². The van der Waals surface area contributed by atoms with Crippen LogP contribution in [0, 0.1) is 0 Å². The Kier molecular flexibility index (Phi) is 36.2. The minimum absolute atomic E-state index is 0.110. The normalized spacial score (nSPS) is 12.8. The largest absolute Gasteiger partial charge is 0.462 e. The first-order valence-electron chi connectivity index (χ1n) is 19.9. The van der Waals surface area contributed by atoms with Crippen molar-refractivity contribution >= 4 is 17.9 Å². The Morgan fingerprint density at radius 3 is 1.34 bits per heavy atom. The van der Waals surface area contributed by atoms with Crippen LogP contribution in [0.25, 0.3) is 0 Å². The Morgan fingerprint density at radius 2 is 0.800 bits per heavy atom. The molecule has 1 atom stereocenters. The van der Waals surface area contributed by atoms with Gasteiger partial charge in [0.2, 0.25) is 0 Å². The molecule has 0 radical (unpaired) electrons. The zero-order chi connectivity index (χ0) is 36.6. The average Bonchev–Trinajstić information content (AvgIpc) is 3.11. The maximum absolute atomic E-state index is 12.6. The van der Waals surface area contributed by atoms with Crippen molar-refractivity contribution in [1.82, 2.24) is 0 Å². The van der Waals surface area contributed by atoms with Crippen molar-refractivity contribution in [2.75, 3.05) is 13.2 Å². The van der Waals surface area contributed by atoms with Crippen LogP contribution in [0.5, 0.6) is 0 Å². The second-order valence-electron chi connectivity index (χ2n) is 12.8. The SMILES string of the molecule is CC/C=C\C/C=C\C/C=C\CCCCCCC(=O)OCC(COC(=O)CCC/C=C\CCCCCC)OC(=O)CCCC/C=C\C/C=C\CC. The Morgan fingerprint density at radius 1 is 0.420 bits per heavy atom. The molecule has 0 aliphatic carbocycles. The molecule has 0 aromatic heterocycles. The van der Waals surface area contributed by atoms with E-state index >= 15 is 0 Å². The quantitative estimate of drug-likeness (QED) is 0.0288. The van der Waals surface area contributed by atoms with E-state index in [2.05, 4.69) is 93.7 Å². The molecule has 0 aliphatic rings. The van der Waals surface area contributed by atoms with Gasteiger partial charge in [0.15, 0.2) is 6.10 Å². The molecule has 1 unspecified atom stereocenters. The molecule has 50 heavy (non-hydrogen) atoms. The minimum Gasteiger partial charge on any atom is -0.462 e. The van der Waals surface area contributed by atoms with Crippen LogP contribution >= 0.6 is 0 Å². The van der Waals surface area contributed by atoms with Crippen LogP contribution in [0.2, 0.25) is 0 Å². The first-order chi connectivity index (χ1) is 24.5. The van der Waals surface area contributed by atoms with E-state index in [0.29, 0.717) is 25.7 Å². The molecule has 6 heteroatoms. The van der Waals surface area contributed by atoms with Crippen molar-refractivity contribution in [3.63, 3.8) is 0 Å². The van der Waals surface area contributed by atoms with Crippen molar-refractivity contribution in [3.05, 3.63) is 72.9 Å². The first kappa shape index (κ1) is 46.9. The van der Waals surface area contributed by atoms with Crippen molar-refractivity contribution in [2.45, 2.75) is 175 Å². The molecule has 0 fully saturated rings. The third-order valence-electron chi connectivity index (χ3n) is 7.93. The van der Waals surface area contributed by atoms with Gasteiger partial charge in [-0.3, -0.25) is 14.4 Å². The summed E-state index contributed by atoms with van der Waals surface area (Å²) in [7, 11) is 0. The highest BCUT2D eigenvalue weighted by molar-refractivity contribution is 5.71. The van der Waals surface area contributed by atoms with Gasteiger partial charge in [-0.05, 0) is 96.3 Å². The van der Waals surface area contributed by atoms with Crippen LogP contribution in [0.3, 0.4) is 0 Å². The van der Waals surface area contributed by atoms with Crippen molar-refractivity contribution in [3.8, 4) is 0 Å². The molecule has 0 saturated carbocycles. The number of ether oxygens (including phenoxy) is 3. The Labute approximate surface area is 306 Å². The molecule has 0 amide bonds. The Bertz CT molecular complexity index is 986. The summed E-state index contributed by atoms with van der Waals surface area (Å²) in [4.78, 5) is 37.4. The summed E-state index contributed by atoms with van der Waals surface area (Å²) in [6, 6.07) is 0. The van der Waals surface area contributed by atoms with E-state index in [1.54, 1.807) is 0 Å². The van der Waals surface area contributed by atoms with Crippen LogP contribution in [-0.4, -0.2) is 37.2 Å². The lowest BCUT2D eigenvalue weighted by atomic mass is 10.1. The van der Waals surface area contributed by atoms with Gasteiger partial charge in [-0.15, -0.1) is 0 Å². The Hall–Kier alpha value is -3.15. The van der Waals surface area contributed by atoms with Crippen LogP contribution in [-0.2, 0) is 28.6 Å². The number of unbranched alkanes of at least 4 members (excludes halogenated alkanes) is 11. The molecule has 0 spiro atoms. The van der Waals surface area contributed by atoms with E-state index in [0.717, 1.165) is 89.9 Å². The van der Waals surface area contributed by atoms with Crippen LogP contribution in [0.4, 0.5) is 0 Å². The van der Waals surface area contributed by atoms with Gasteiger partial charge in [0.05, 0.1) is 0 Å². The van der Waals surface area contributed by atoms with Gasteiger partial charge < -0.3 is 14.2 Å². The minimum atomic E-state index is -0.807. The summed E-state index contributed by atoms with van der Waals surface area (Å²) >= 11 is 0. The lowest BCUT2D eigenvalue weighted by molar-refractivity contribution is -0.167. The number of carbonyl (C=O) groups excluding carboxylic acids is 3.